The van der Waals surface area contributed by atoms with E-state index in [1.807, 2.05) is 43.3 Å². The van der Waals surface area contributed by atoms with Gasteiger partial charge in [0.1, 0.15) is 37.7 Å². The number of nitrogens with zero attached hydrogens (tertiary/aromatic N) is 5. The molecule has 2 aliphatic heterocycles. The van der Waals surface area contributed by atoms with E-state index in [9.17, 15) is 8.42 Å². The topological polar surface area (TPSA) is 99.0 Å². The van der Waals surface area contributed by atoms with Crippen molar-refractivity contribution in [3.63, 3.8) is 0 Å². The van der Waals surface area contributed by atoms with Gasteiger partial charge < -0.3 is 19.1 Å². The van der Waals surface area contributed by atoms with Crippen LogP contribution in [-0.2, 0) is 31.8 Å². The number of halogens is 4. The fraction of sp³-hybridized carbons (Fsp3) is 0.333. The molecule has 2 saturated heterocycles. The predicted molar refractivity (Wildman–Crippen MR) is 178 cm³/mol. The van der Waals surface area contributed by atoms with E-state index in [0.29, 0.717) is 59.0 Å². The summed E-state index contributed by atoms with van der Waals surface area (Å²) in [6.07, 6.45) is 2.68. The summed E-state index contributed by atoms with van der Waals surface area (Å²) in [5, 5.41) is 5.15. The smallest absolute Gasteiger partial charge is 0.243 e. The molecule has 1 aromatic heterocycles. The fourth-order valence-corrected chi connectivity index (χ4v) is 7.25. The summed E-state index contributed by atoms with van der Waals surface area (Å²) < 4.78 is 48.0. The molecule has 0 spiro atoms. The van der Waals surface area contributed by atoms with E-state index in [1.165, 1.54) is 6.33 Å². The van der Waals surface area contributed by atoms with Gasteiger partial charge >= 0.3 is 0 Å². The third-order valence-corrected chi connectivity index (χ3v) is 10.0. The largest absolute Gasteiger partial charge is 0.491 e. The van der Waals surface area contributed by atoms with E-state index in [0.717, 1.165) is 11.3 Å². The standard InChI is InChI=1S/C30H31Cl2N5O5S.2ClH/c1-22-2-9-27(10-3-22)43(38,39)37-14-12-35(13-15-37)24-5-7-25(8-6-24)40-17-26-18-41-30(42-26,19-36-21-33-20-34-36)28-11-4-23(31)16-29(28)32;;/h2-11,16,20-21,26H,12-15,17-19H2,1H3;2*1H. The van der Waals surface area contributed by atoms with Crippen LogP contribution in [0.15, 0.2) is 84.3 Å². The molecule has 0 saturated carbocycles. The van der Waals surface area contributed by atoms with Gasteiger partial charge in [0, 0.05) is 42.5 Å². The number of piperazine rings is 1. The SMILES string of the molecule is Cc1ccc(S(=O)(=O)N2CCN(c3ccc(OCC4COC(Cn5cncn5)(c5ccc(Cl)cc5Cl)O4)cc3)CC2)cc1.Cl.Cl. The van der Waals surface area contributed by atoms with E-state index < -0.39 is 15.8 Å². The summed E-state index contributed by atoms with van der Waals surface area (Å²) in [5.74, 6) is -0.492. The molecule has 10 nitrogen and oxygen atoms in total. The van der Waals surface area contributed by atoms with E-state index in [1.54, 1.807) is 45.6 Å². The number of hydrogen-bond acceptors (Lipinski definition) is 8. The van der Waals surface area contributed by atoms with Gasteiger partial charge in [-0.25, -0.2) is 18.1 Å². The van der Waals surface area contributed by atoms with E-state index in [-0.39, 0.29) is 44.1 Å². The summed E-state index contributed by atoms with van der Waals surface area (Å²) in [4.78, 5) is 6.52. The van der Waals surface area contributed by atoms with Crippen molar-refractivity contribution in [2.45, 2.75) is 30.3 Å². The maximum atomic E-state index is 13.0. The van der Waals surface area contributed by atoms with Crippen LogP contribution in [0.2, 0.25) is 10.0 Å². The first-order chi connectivity index (χ1) is 20.7. The molecule has 4 aromatic rings. The number of anilines is 1. The van der Waals surface area contributed by atoms with Crippen molar-refractivity contribution in [1.82, 2.24) is 19.1 Å². The average molecular weight is 718 g/mol. The van der Waals surface area contributed by atoms with Crippen LogP contribution < -0.4 is 9.64 Å². The van der Waals surface area contributed by atoms with Crippen LogP contribution in [0.1, 0.15) is 11.1 Å². The van der Waals surface area contributed by atoms with Crippen LogP contribution in [0.3, 0.4) is 0 Å². The number of ether oxygens (including phenoxy) is 3. The minimum absolute atomic E-state index is 0. The zero-order valence-corrected chi connectivity index (χ0v) is 28.3. The first kappa shape index (κ1) is 35.2. The number of rotatable bonds is 9. The summed E-state index contributed by atoms with van der Waals surface area (Å²) in [7, 11) is -3.51. The maximum absolute atomic E-state index is 13.0. The first-order valence-electron chi connectivity index (χ1n) is 13.9. The molecule has 6 rings (SSSR count). The van der Waals surface area contributed by atoms with Gasteiger partial charge in [0.05, 0.1) is 16.5 Å². The highest BCUT2D eigenvalue weighted by Crippen LogP contribution is 2.40. The molecule has 0 N–H and O–H groups in total. The van der Waals surface area contributed by atoms with Crippen LogP contribution >= 0.6 is 48.0 Å². The summed E-state index contributed by atoms with van der Waals surface area (Å²) in [6.45, 7) is 4.77. The summed E-state index contributed by atoms with van der Waals surface area (Å²) >= 11 is 12.7. The van der Waals surface area contributed by atoms with Crippen LogP contribution in [-0.4, -0.2) is 73.0 Å². The van der Waals surface area contributed by atoms with Gasteiger partial charge in [-0.05, 0) is 55.5 Å². The Labute approximate surface area is 285 Å². The Kier molecular flexibility index (Phi) is 11.6. The van der Waals surface area contributed by atoms with Gasteiger partial charge in [0.25, 0.3) is 0 Å². The van der Waals surface area contributed by atoms with Crippen molar-refractivity contribution >= 4 is 63.7 Å². The van der Waals surface area contributed by atoms with Gasteiger partial charge in [-0.15, -0.1) is 24.8 Å². The molecule has 2 fully saturated rings. The molecule has 3 aromatic carbocycles. The predicted octanol–water partition coefficient (Wildman–Crippen LogP) is 5.60. The van der Waals surface area contributed by atoms with Gasteiger partial charge in [0.15, 0.2) is 0 Å². The van der Waals surface area contributed by atoms with Crippen molar-refractivity contribution in [2.24, 2.45) is 0 Å². The Balaban J connectivity index is 0.00000230. The molecule has 15 heteroatoms. The molecule has 0 radical (unpaired) electrons. The van der Waals surface area contributed by atoms with Gasteiger partial charge in [0.2, 0.25) is 15.8 Å². The molecule has 45 heavy (non-hydrogen) atoms. The van der Waals surface area contributed by atoms with Gasteiger partial charge in [-0.2, -0.15) is 9.40 Å². The molecular weight excluding hydrogens is 684 g/mol. The minimum Gasteiger partial charge on any atom is -0.491 e. The van der Waals surface area contributed by atoms with Crippen molar-refractivity contribution in [3.8, 4) is 5.75 Å². The molecular formula is C30H33Cl4N5O5S. The number of benzene rings is 3. The zero-order valence-electron chi connectivity index (χ0n) is 24.3. The van der Waals surface area contributed by atoms with Crippen LogP contribution in [0.25, 0.3) is 0 Å². The monoisotopic (exact) mass is 715 g/mol. The van der Waals surface area contributed by atoms with Gasteiger partial charge in [-0.3, -0.25) is 0 Å². The van der Waals surface area contributed by atoms with Crippen molar-refractivity contribution in [3.05, 3.63) is 101 Å². The Hall–Kier alpha value is -2.61. The second-order valence-electron chi connectivity index (χ2n) is 10.5. The second-order valence-corrected chi connectivity index (χ2v) is 13.3. The normalized spacial score (nSPS) is 20.3. The lowest BCUT2D eigenvalue weighted by Crippen LogP contribution is -2.48. The molecule has 0 bridgehead atoms. The van der Waals surface area contributed by atoms with Crippen molar-refractivity contribution < 1.29 is 22.6 Å². The maximum Gasteiger partial charge on any atom is 0.243 e. The van der Waals surface area contributed by atoms with E-state index >= 15 is 0 Å². The molecule has 2 unspecified atom stereocenters. The molecule has 2 atom stereocenters. The number of sulfonamides is 1. The number of aromatic nitrogens is 3. The van der Waals surface area contributed by atoms with E-state index in [4.69, 9.17) is 37.4 Å². The van der Waals surface area contributed by atoms with Crippen molar-refractivity contribution in [2.75, 3.05) is 44.3 Å². The lowest BCUT2D eigenvalue weighted by molar-refractivity contribution is -0.190. The Morgan fingerprint density at radius 2 is 1.69 bits per heavy atom. The fourth-order valence-electron chi connectivity index (χ4n) is 5.27. The zero-order chi connectivity index (χ0) is 30.0. The highest BCUT2D eigenvalue weighted by atomic mass is 35.5. The van der Waals surface area contributed by atoms with Crippen LogP contribution in [0.4, 0.5) is 5.69 Å². The van der Waals surface area contributed by atoms with Gasteiger partial charge in [-0.1, -0.05) is 47.0 Å². The molecule has 242 valence electrons. The highest BCUT2D eigenvalue weighted by Gasteiger charge is 2.45. The quantitative estimate of drug-likeness (QED) is 0.221. The van der Waals surface area contributed by atoms with E-state index in [2.05, 4.69) is 15.0 Å². The number of aryl methyl sites for hydroxylation is 1. The average Bonchev–Trinajstić information content (AvgIpc) is 3.67. The summed E-state index contributed by atoms with van der Waals surface area (Å²) in [5.41, 5.74) is 2.68. The molecule has 2 aliphatic rings. The summed E-state index contributed by atoms with van der Waals surface area (Å²) in [6, 6.07) is 19.9. The number of hydrogen-bond donors (Lipinski definition) is 0. The van der Waals surface area contributed by atoms with Crippen molar-refractivity contribution in [1.29, 1.82) is 0 Å². The molecule has 3 heterocycles. The lowest BCUT2D eigenvalue weighted by Gasteiger charge is -2.35. The van der Waals surface area contributed by atoms with Crippen LogP contribution in [0.5, 0.6) is 5.75 Å². The Morgan fingerprint density at radius 1 is 0.978 bits per heavy atom. The minimum atomic E-state index is -3.51. The Bertz CT molecular complexity index is 1660. The highest BCUT2D eigenvalue weighted by molar-refractivity contribution is 7.89. The third-order valence-electron chi connectivity index (χ3n) is 7.57. The molecule has 0 aliphatic carbocycles. The lowest BCUT2D eigenvalue weighted by atomic mass is 10.1. The molecule has 0 amide bonds. The van der Waals surface area contributed by atoms with Crippen LogP contribution in [0, 0.1) is 6.92 Å². The third kappa shape index (κ3) is 7.86. The first-order valence-corrected chi connectivity index (χ1v) is 16.1. The second kappa shape index (κ2) is 14.9. The Morgan fingerprint density at radius 3 is 2.33 bits per heavy atom.